The molecule has 0 fully saturated rings. The highest BCUT2D eigenvalue weighted by atomic mass is 35.5. The molecule has 14 heavy (non-hydrogen) atoms. The minimum Gasteiger partial charge on any atom is -0.480 e. The van der Waals surface area contributed by atoms with Crippen LogP contribution >= 0.6 is 31.1 Å². The van der Waals surface area contributed by atoms with E-state index in [0.29, 0.717) is 3.94 Å². The third kappa shape index (κ3) is 6.59. The number of carbonyl (C=O) groups is 1. The minimum atomic E-state index is -4.08. The predicted octanol–water partition coefficient (Wildman–Crippen LogP) is 1.01. The van der Waals surface area contributed by atoms with Gasteiger partial charge < -0.3 is 14.9 Å². The van der Waals surface area contributed by atoms with Gasteiger partial charge in [0.05, 0.1) is 0 Å². The van der Waals surface area contributed by atoms with E-state index >= 15 is 0 Å². The second-order valence-corrected chi connectivity index (χ2v) is 5.32. The number of halogens is 2. The number of nitrogens with zero attached hydrogens (tertiary/aromatic N) is 1. The highest BCUT2D eigenvalue weighted by molar-refractivity contribution is 7.51. The van der Waals surface area contributed by atoms with Gasteiger partial charge >= 0.3 is 13.6 Å². The molecule has 0 aliphatic heterocycles. The third-order valence-corrected chi connectivity index (χ3v) is 2.82. The molecule has 6 nitrogen and oxygen atoms in total. The molecule has 0 aromatic heterocycles. The number of aliphatic carboxylic acids is 1. The molecule has 3 N–H and O–H groups in total. The lowest BCUT2D eigenvalue weighted by Gasteiger charge is -2.14. The predicted molar refractivity (Wildman–Crippen MR) is 51.1 cm³/mol. The van der Waals surface area contributed by atoms with Crippen molar-refractivity contribution in [3.05, 3.63) is 0 Å². The molecule has 1 atom stereocenters. The van der Waals surface area contributed by atoms with E-state index in [1.165, 1.54) is 0 Å². The molecule has 0 saturated carbocycles. The van der Waals surface area contributed by atoms with Crippen molar-refractivity contribution in [3.8, 4) is 0 Å². The van der Waals surface area contributed by atoms with Crippen molar-refractivity contribution in [1.29, 1.82) is 0 Å². The molecular weight excluding hydrogens is 256 g/mol. The van der Waals surface area contributed by atoms with E-state index < -0.39 is 19.6 Å². The Kier molecular flexibility index (Phi) is 5.97. The fourth-order valence-electron chi connectivity index (χ4n) is 0.795. The molecule has 0 aromatic carbocycles. The third-order valence-electron chi connectivity index (χ3n) is 1.45. The number of carboxylic acids is 1. The first-order valence-electron chi connectivity index (χ1n) is 3.62. The monoisotopic (exact) mass is 265 g/mol. The number of hydrogen-bond donors (Lipinski definition) is 3. The summed E-state index contributed by atoms with van der Waals surface area (Å²) in [6, 6.07) is -1.15. The van der Waals surface area contributed by atoms with E-state index in [1.807, 2.05) is 0 Å². The van der Waals surface area contributed by atoms with Crippen molar-refractivity contribution in [2.24, 2.45) is 0 Å². The SMILES string of the molecule is O=C(O)C(CCCP(=O)(O)O)N(Cl)Cl. The summed E-state index contributed by atoms with van der Waals surface area (Å²) in [5.41, 5.74) is 0. The Balaban J connectivity index is 3.97. The fourth-order valence-corrected chi connectivity index (χ4v) is 1.75. The second-order valence-electron chi connectivity index (χ2n) is 2.64. The van der Waals surface area contributed by atoms with E-state index in [2.05, 4.69) is 0 Å². The smallest absolute Gasteiger partial charge is 0.325 e. The summed E-state index contributed by atoms with van der Waals surface area (Å²) in [6.07, 6.45) is -0.358. The Morgan fingerprint density at radius 1 is 1.43 bits per heavy atom. The van der Waals surface area contributed by atoms with E-state index in [4.69, 9.17) is 38.4 Å². The first-order valence-corrected chi connectivity index (χ1v) is 6.09. The van der Waals surface area contributed by atoms with Crippen LogP contribution in [0.5, 0.6) is 0 Å². The summed E-state index contributed by atoms with van der Waals surface area (Å²) in [5, 5.41) is 8.57. The zero-order valence-electron chi connectivity index (χ0n) is 7.01. The summed E-state index contributed by atoms with van der Waals surface area (Å²) in [6.45, 7) is 0. The van der Waals surface area contributed by atoms with Gasteiger partial charge in [-0.1, -0.05) is 0 Å². The van der Waals surface area contributed by atoms with Crippen LogP contribution in [-0.4, -0.2) is 37.0 Å². The first kappa shape index (κ1) is 14.2. The van der Waals surface area contributed by atoms with Crippen LogP contribution in [0.25, 0.3) is 0 Å². The molecule has 0 aromatic rings. The topological polar surface area (TPSA) is 98.1 Å². The molecule has 0 aliphatic carbocycles. The zero-order chi connectivity index (χ0) is 11.4. The lowest BCUT2D eigenvalue weighted by molar-refractivity contribution is -0.140. The lowest BCUT2D eigenvalue weighted by Crippen LogP contribution is -2.29. The minimum absolute atomic E-state index is 0.0204. The van der Waals surface area contributed by atoms with Crippen LogP contribution in [0.3, 0.4) is 0 Å². The van der Waals surface area contributed by atoms with E-state index in [1.54, 1.807) is 0 Å². The summed E-state index contributed by atoms with van der Waals surface area (Å²) in [4.78, 5) is 27.5. The van der Waals surface area contributed by atoms with E-state index in [-0.39, 0.29) is 19.0 Å². The van der Waals surface area contributed by atoms with Crippen molar-refractivity contribution in [3.63, 3.8) is 0 Å². The molecule has 84 valence electrons. The maximum Gasteiger partial charge on any atom is 0.325 e. The maximum absolute atomic E-state index is 10.5. The van der Waals surface area contributed by atoms with Gasteiger partial charge in [0.2, 0.25) is 0 Å². The molecule has 0 bridgehead atoms. The molecular formula is C5H10Cl2NO5P. The van der Waals surface area contributed by atoms with Gasteiger partial charge in [0, 0.05) is 6.16 Å². The average molecular weight is 266 g/mol. The molecule has 0 spiro atoms. The van der Waals surface area contributed by atoms with Crippen LogP contribution in [-0.2, 0) is 9.36 Å². The average Bonchev–Trinajstić information content (AvgIpc) is 1.94. The van der Waals surface area contributed by atoms with Gasteiger partial charge in [0.25, 0.3) is 0 Å². The molecule has 0 amide bonds. The first-order chi connectivity index (χ1) is 6.24. The Hall–Kier alpha value is 0.160. The molecule has 0 saturated heterocycles. The van der Waals surface area contributed by atoms with Gasteiger partial charge in [-0.15, -0.1) is 3.94 Å². The van der Waals surface area contributed by atoms with Crippen LogP contribution in [0.4, 0.5) is 0 Å². The van der Waals surface area contributed by atoms with Crippen molar-refractivity contribution >= 4 is 37.1 Å². The van der Waals surface area contributed by atoms with E-state index in [9.17, 15) is 9.36 Å². The fraction of sp³-hybridized carbons (Fsp3) is 0.800. The van der Waals surface area contributed by atoms with Crippen LogP contribution < -0.4 is 0 Å². The molecule has 1 unspecified atom stereocenters. The lowest BCUT2D eigenvalue weighted by atomic mass is 10.2. The van der Waals surface area contributed by atoms with Gasteiger partial charge in [-0.05, 0) is 36.4 Å². The summed E-state index contributed by atoms with van der Waals surface area (Å²) >= 11 is 10.4. The van der Waals surface area contributed by atoms with Crippen molar-refractivity contribution in [2.75, 3.05) is 6.16 Å². The van der Waals surface area contributed by atoms with E-state index in [0.717, 1.165) is 0 Å². The molecule has 0 radical (unpaired) electrons. The Morgan fingerprint density at radius 3 is 2.21 bits per heavy atom. The summed E-state index contributed by atoms with van der Waals surface area (Å²) < 4.78 is 10.9. The number of carboxylic acid groups (broad SMARTS) is 1. The highest BCUT2D eigenvalue weighted by Gasteiger charge is 2.24. The van der Waals surface area contributed by atoms with Gasteiger partial charge in [0.15, 0.2) is 0 Å². The maximum atomic E-state index is 10.5. The summed E-state index contributed by atoms with van der Waals surface area (Å²) in [7, 11) is -4.08. The Labute approximate surface area is 90.8 Å². The van der Waals surface area contributed by atoms with Crippen molar-refractivity contribution in [2.45, 2.75) is 18.9 Å². The molecule has 9 heteroatoms. The number of rotatable bonds is 6. The molecule has 0 rings (SSSR count). The number of hydrogen-bond acceptors (Lipinski definition) is 3. The molecule has 0 aliphatic rings. The normalized spacial score (nSPS) is 14.4. The van der Waals surface area contributed by atoms with Gasteiger partial charge in [-0.3, -0.25) is 9.36 Å². The molecule has 0 heterocycles. The van der Waals surface area contributed by atoms with Crippen LogP contribution in [0.2, 0.25) is 0 Å². The largest absolute Gasteiger partial charge is 0.480 e. The van der Waals surface area contributed by atoms with Gasteiger partial charge in [-0.25, -0.2) is 0 Å². The standard InChI is InChI=1S/C5H10Cl2NO5P/c6-8(7)4(5(9)10)2-1-3-14(11,12)13/h4H,1-3H2,(H,9,10)(H2,11,12,13). The Morgan fingerprint density at radius 2 is 1.93 bits per heavy atom. The van der Waals surface area contributed by atoms with Crippen molar-refractivity contribution in [1.82, 2.24) is 3.94 Å². The Bertz CT molecular complexity index is 242. The quantitative estimate of drug-likeness (QED) is 0.490. The van der Waals surface area contributed by atoms with Crippen LogP contribution in [0.1, 0.15) is 12.8 Å². The second kappa shape index (κ2) is 5.90. The highest BCUT2D eigenvalue weighted by Crippen LogP contribution is 2.35. The van der Waals surface area contributed by atoms with Crippen LogP contribution in [0.15, 0.2) is 0 Å². The van der Waals surface area contributed by atoms with Gasteiger partial charge in [-0.2, -0.15) is 0 Å². The summed E-state index contributed by atoms with van der Waals surface area (Å²) in [5.74, 6) is -1.24. The van der Waals surface area contributed by atoms with Crippen molar-refractivity contribution < 1.29 is 24.3 Å². The van der Waals surface area contributed by atoms with Crippen LogP contribution in [0, 0.1) is 0 Å². The van der Waals surface area contributed by atoms with Gasteiger partial charge in [0.1, 0.15) is 6.04 Å². The zero-order valence-corrected chi connectivity index (χ0v) is 9.41.